The van der Waals surface area contributed by atoms with Gasteiger partial charge in [0.1, 0.15) is 12.1 Å². The van der Waals surface area contributed by atoms with Gasteiger partial charge in [0.25, 0.3) is 5.91 Å². The molecule has 0 radical (unpaired) electrons. The minimum absolute atomic E-state index is 0.0138. The number of carbonyl (C=O) groups is 2. The van der Waals surface area contributed by atoms with E-state index in [0.717, 1.165) is 29.3 Å². The van der Waals surface area contributed by atoms with Crippen LogP contribution < -0.4 is 5.32 Å². The molecule has 8 heteroatoms. The zero-order valence-corrected chi connectivity index (χ0v) is 16.0. The number of halogens is 1. The van der Waals surface area contributed by atoms with Gasteiger partial charge in [-0.15, -0.1) is 0 Å². The molecule has 1 spiro atoms. The fourth-order valence-corrected chi connectivity index (χ4v) is 4.24. The first kappa shape index (κ1) is 17.2. The molecule has 2 aromatic rings. The van der Waals surface area contributed by atoms with E-state index < -0.39 is 5.54 Å². The standard InChI is InChI=1S/C18H19BrN4O3/c1-11-5-2-3-8-18(11)16(24)23(17(25)21-18)10-14-20-15(22-26-14)12-6-4-7-13(19)9-12/h4,6-7,9,11H,2-3,5,8,10H2,1H3,(H,21,25). The number of nitrogens with zero attached hydrogens (tertiary/aromatic N) is 3. The Morgan fingerprint density at radius 2 is 2.23 bits per heavy atom. The lowest BCUT2D eigenvalue weighted by atomic mass is 9.73. The van der Waals surface area contributed by atoms with Crippen molar-refractivity contribution in [1.82, 2.24) is 20.4 Å². The van der Waals surface area contributed by atoms with E-state index in [1.165, 1.54) is 4.90 Å². The van der Waals surface area contributed by atoms with Gasteiger partial charge in [-0.25, -0.2) is 4.79 Å². The van der Waals surface area contributed by atoms with Gasteiger partial charge < -0.3 is 9.84 Å². The zero-order chi connectivity index (χ0) is 18.3. The molecular weight excluding hydrogens is 400 g/mol. The summed E-state index contributed by atoms with van der Waals surface area (Å²) in [6, 6.07) is 7.14. The Bertz CT molecular complexity index is 868. The SMILES string of the molecule is CC1CCCCC12NC(=O)N(Cc1nc(-c3cccc(Br)c3)no1)C2=O. The van der Waals surface area contributed by atoms with Crippen LogP contribution in [0.25, 0.3) is 11.4 Å². The summed E-state index contributed by atoms with van der Waals surface area (Å²) in [6.45, 7) is 2.01. The lowest BCUT2D eigenvalue weighted by Crippen LogP contribution is -2.53. The van der Waals surface area contributed by atoms with Gasteiger partial charge in [0.2, 0.25) is 11.7 Å². The van der Waals surface area contributed by atoms with Crippen molar-refractivity contribution in [2.45, 2.75) is 44.7 Å². The van der Waals surface area contributed by atoms with Gasteiger partial charge in [0.15, 0.2) is 0 Å². The van der Waals surface area contributed by atoms with Gasteiger partial charge >= 0.3 is 6.03 Å². The number of benzene rings is 1. The molecule has 1 aliphatic carbocycles. The molecule has 1 saturated heterocycles. The first-order valence-electron chi connectivity index (χ1n) is 8.72. The summed E-state index contributed by atoms with van der Waals surface area (Å²) in [5, 5.41) is 6.89. The monoisotopic (exact) mass is 418 g/mol. The Morgan fingerprint density at radius 3 is 3.00 bits per heavy atom. The largest absolute Gasteiger partial charge is 0.337 e. The first-order valence-corrected chi connectivity index (χ1v) is 9.51. The van der Waals surface area contributed by atoms with Crippen LogP contribution >= 0.6 is 15.9 Å². The Hall–Kier alpha value is -2.22. The third kappa shape index (κ3) is 2.82. The molecule has 1 aliphatic heterocycles. The van der Waals surface area contributed by atoms with Crippen LogP contribution in [0, 0.1) is 5.92 Å². The number of nitrogens with one attached hydrogen (secondary N) is 1. The summed E-state index contributed by atoms with van der Waals surface area (Å²) >= 11 is 3.41. The molecule has 26 heavy (non-hydrogen) atoms. The Balaban J connectivity index is 1.54. The maximum absolute atomic E-state index is 13.0. The molecule has 4 rings (SSSR count). The van der Waals surface area contributed by atoms with Gasteiger partial charge in [-0.05, 0) is 30.9 Å². The number of aromatic nitrogens is 2. The van der Waals surface area contributed by atoms with Gasteiger partial charge in [-0.3, -0.25) is 9.69 Å². The summed E-state index contributed by atoms with van der Waals surface area (Å²) < 4.78 is 6.18. The van der Waals surface area contributed by atoms with E-state index in [1.807, 2.05) is 31.2 Å². The van der Waals surface area contributed by atoms with Crippen molar-refractivity contribution in [2.75, 3.05) is 0 Å². The van der Waals surface area contributed by atoms with Crippen LogP contribution in [-0.4, -0.2) is 32.5 Å². The van der Waals surface area contributed by atoms with Crippen LogP contribution in [0.5, 0.6) is 0 Å². The number of hydrogen-bond donors (Lipinski definition) is 1. The third-order valence-electron chi connectivity index (χ3n) is 5.35. The quantitative estimate of drug-likeness (QED) is 0.770. The Morgan fingerprint density at radius 1 is 1.38 bits per heavy atom. The highest BCUT2D eigenvalue weighted by Gasteiger charge is 2.55. The van der Waals surface area contributed by atoms with Crippen molar-refractivity contribution in [2.24, 2.45) is 5.92 Å². The van der Waals surface area contributed by atoms with Crippen LogP contribution in [0.3, 0.4) is 0 Å². The van der Waals surface area contributed by atoms with Gasteiger partial charge in [0, 0.05) is 10.0 Å². The highest BCUT2D eigenvalue weighted by Crippen LogP contribution is 2.38. The van der Waals surface area contributed by atoms with E-state index in [9.17, 15) is 9.59 Å². The Labute approximate surface area is 159 Å². The van der Waals surface area contributed by atoms with Crippen LogP contribution in [0.15, 0.2) is 33.3 Å². The highest BCUT2D eigenvalue weighted by atomic mass is 79.9. The molecule has 1 aromatic heterocycles. The molecule has 136 valence electrons. The Kier molecular flexibility index (Phi) is 4.30. The average Bonchev–Trinajstić information content (AvgIpc) is 3.18. The van der Waals surface area contributed by atoms with E-state index in [2.05, 4.69) is 31.4 Å². The van der Waals surface area contributed by atoms with Crippen molar-refractivity contribution in [3.8, 4) is 11.4 Å². The summed E-state index contributed by atoms with van der Waals surface area (Å²) in [4.78, 5) is 30.9. The topological polar surface area (TPSA) is 88.3 Å². The maximum atomic E-state index is 13.0. The third-order valence-corrected chi connectivity index (χ3v) is 5.84. The molecule has 2 fully saturated rings. The molecule has 1 N–H and O–H groups in total. The van der Waals surface area contributed by atoms with E-state index in [1.54, 1.807) is 0 Å². The minimum atomic E-state index is -0.775. The molecule has 2 atom stereocenters. The smallest absolute Gasteiger partial charge is 0.325 e. The molecule has 7 nitrogen and oxygen atoms in total. The van der Waals surface area contributed by atoms with E-state index in [4.69, 9.17) is 4.52 Å². The van der Waals surface area contributed by atoms with Crippen LogP contribution in [0.1, 0.15) is 38.5 Å². The van der Waals surface area contributed by atoms with Crippen molar-refractivity contribution in [1.29, 1.82) is 0 Å². The van der Waals surface area contributed by atoms with E-state index in [0.29, 0.717) is 12.2 Å². The fourth-order valence-electron chi connectivity index (χ4n) is 3.84. The van der Waals surface area contributed by atoms with Crippen molar-refractivity contribution >= 4 is 27.9 Å². The molecule has 2 unspecified atom stereocenters. The van der Waals surface area contributed by atoms with Crippen molar-refractivity contribution in [3.05, 3.63) is 34.6 Å². The maximum Gasteiger partial charge on any atom is 0.325 e. The summed E-state index contributed by atoms with van der Waals surface area (Å²) in [6.07, 6.45) is 3.65. The van der Waals surface area contributed by atoms with Crippen molar-refractivity contribution in [3.63, 3.8) is 0 Å². The van der Waals surface area contributed by atoms with Crippen LogP contribution in [-0.2, 0) is 11.3 Å². The fraction of sp³-hybridized carbons (Fsp3) is 0.444. The average molecular weight is 419 g/mol. The number of carbonyl (C=O) groups excluding carboxylic acids is 2. The summed E-state index contributed by atoms with van der Waals surface area (Å²) in [5.41, 5.74) is 0.0200. The second kappa shape index (κ2) is 6.50. The highest BCUT2D eigenvalue weighted by molar-refractivity contribution is 9.10. The van der Waals surface area contributed by atoms with Crippen LogP contribution in [0.4, 0.5) is 4.79 Å². The summed E-state index contributed by atoms with van der Waals surface area (Å²) in [7, 11) is 0. The molecule has 2 aliphatic rings. The zero-order valence-electron chi connectivity index (χ0n) is 14.4. The van der Waals surface area contributed by atoms with Gasteiger partial charge in [0.05, 0.1) is 0 Å². The molecule has 1 aromatic carbocycles. The van der Waals surface area contributed by atoms with Crippen LogP contribution in [0.2, 0.25) is 0 Å². The molecule has 3 amide bonds. The van der Waals surface area contributed by atoms with Gasteiger partial charge in [-0.2, -0.15) is 4.98 Å². The number of rotatable bonds is 3. The molecular formula is C18H19BrN4O3. The molecule has 0 bridgehead atoms. The predicted octanol–water partition coefficient (Wildman–Crippen LogP) is 3.50. The minimum Gasteiger partial charge on any atom is -0.337 e. The first-order chi connectivity index (χ1) is 12.5. The number of amides is 3. The number of imide groups is 1. The second-order valence-corrected chi connectivity index (χ2v) is 7.88. The van der Waals surface area contributed by atoms with E-state index >= 15 is 0 Å². The van der Waals surface area contributed by atoms with Gasteiger partial charge in [-0.1, -0.05) is 53.0 Å². The molecule has 1 saturated carbocycles. The lowest BCUT2D eigenvalue weighted by molar-refractivity contribution is -0.134. The number of hydrogen-bond acceptors (Lipinski definition) is 5. The normalized spacial score (nSPS) is 25.8. The van der Waals surface area contributed by atoms with Crippen molar-refractivity contribution < 1.29 is 14.1 Å². The summed E-state index contributed by atoms with van der Waals surface area (Å²) in [5.74, 6) is 0.604. The second-order valence-electron chi connectivity index (χ2n) is 6.96. The number of urea groups is 1. The molecule has 2 heterocycles. The lowest BCUT2D eigenvalue weighted by Gasteiger charge is -2.36. The van der Waals surface area contributed by atoms with E-state index in [-0.39, 0.29) is 30.3 Å². The predicted molar refractivity (Wildman–Crippen MR) is 96.9 cm³/mol.